The Bertz CT molecular complexity index is 1660. The molecule has 7 rings (SSSR count). The number of rotatable bonds is 5. The summed E-state index contributed by atoms with van der Waals surface area (Å²) in [6.07, 6.45) is 5.75. The number of anilines is 7. The number of pyridine rings is 1. The van der Waals surface area contributed by atoms with Crippen molar-refractivity contribution in [3.63, 3.8) is 0 Å². The number of para-hydroxylation sites is 3. The second-order valence-electron chi connectivity index (χ2n) is 9.23. The summed E-state index contributed by atoms with van der Waals surface area (Å²) in [4.78, 5) is 12.9. The Kier molecular flexibility index (Phi) is 7.02. The van der Waals surface area contributed by atoms with E-state index in [2.05, 4.69) is 105 Å². The van der Waals surface area contributed by atoms with Crippen LogP contribution in [0.3, 0.4) is 0 Å². The van der Waals surface area contributed by atoms with Crippen molar-refractivity contribution in [3.8, 4) is 11.6 Å². The first-order valence-electron chi connectivity index (χ1n) is 12.7. The molecule has 2 aliphatic heterocycles. The van der Waals surface area contributed by atoms with E-state index >= 15 is 0 Å². The zero-order valence-corrected chi connectivity index (χ0v) is 23.9. The molecule has 200 valence electrons. The van der Waals surface area contributed by atoms with Gasteiger partial charge in [-0.15, -0.1) is 42.1 Å². The summed E-state index contributed by atoms with van der Waals surface area (Å²) < 4.78 is 6.12. The van der Waals surface area contributed by atoms with Crippen molar-refractivity contribution >= 4 is 39.8 Å². The molecular weight excluding hydrogens is 677 g/mol. The fourth-order valence-corrected chi connectivity index (χ4v) is 4.90. The normalized spacial score (nSPS) is 13.5. The van der Waals surface area contributed by atoms with E-state index in [1.165, 1.54) is 0 Å². The molecule has 0 unspecified atom stereocenters. The van der Waals surface area contributed by atoms with Crippen molar-refractivity contribution in [1.82, 2.24) is 9.88 Å². The first-order chi connectivity index (χ1) is 19.2. The quantitative estimate of drug-likeness (QED) is 0.169. The molecule has 0 saturated carbocycles. The Labute approximate surface area is 248 Å². The Hall–Kier alpha value is -4.54. The average Bonchev–Trinajstić information content (AvgIpc) is 3.43. The van der Waals surface area contributed by atoms with Gasteiger partial charge >= 0.3 is 0 Å². The monoisotopic (exact) mass is 701 g/mol. The van der Waals surface area contributed by atoms with E-state index in [4.69, 9.17) is 4.74 Å². The van der Waals surface area contributed by atoms with Crippen LogP contribution in [0, 0.1) is 18.8 Å². The maximum Gasteiger partial charge on any atom is 0.216 e. The molecule has 40 heavy (non-hydrogen) atoms. The molecule has 0 bridgehead atoms. The van der Waals surface area contributed by atoms with Crippen LogP contribution in [0.4, 0.5) is 39.8 Å². The van der Waals surface area contributed by atoms with Gasteiger partial charge < -0.3 is 24.3 Å². The second kappa shape index (κ2) is 10.9. The fraction of sp³-hybridized carbons (Fsp3) is 0.0303. The minimum absolute atomic E-state index is 0. The van der Waals surface area contributed by atoms with E-state index in [0.29, 0.717) is 11.6 Å². The number of fused-ring (bicyclic) bond motifs is 2. The molecule has 0 spiro atoms. The molecule has 0 N–H and O–H groups in total. The van der Waals surface area contributed by atoms with Crippen molar-refractivity contribution in [2.24, 2.45) is 0 Å². The molecule has 1 aromatic heterocycles. The third kappa shape index (κ3) is 4.72. The summed E-state index contributed by atoms with van der Waals surface area (Å²) in [7, 11) is 2.01. The van der Waals surface area contributed by atoms with Gasteiger partial charge in [0.2, 0.25) is 5.88 Å². The van der Waals surface area contributed by atoms with Gasteiger partial charge in [0.15, 0.2) is 0 Å². The van der Waals surface area contributed by atoms with Gasteiger partial charge in [0, 0.05) is 44.8 Å². The van der Waals surface area contributed by atoms with E-state index in [-0.39, 0.29) is 21.1 Å². The van der Waals surface area contributed by atoms with Gasteiger partial charge in [-0.05, 0) is 61.2 Å². The van der Waals surface area contributed by atoms with Gasteiger partial charge in [0.25, 0.3) is 0 Å². The van der Waals surface area contributed by atoms with Crippen LogP contribution in [0.1, 0.15) is 0 Å². The van der Waals surface area contributed by atoms with E-state index in [9.17, 15) is 0 Å². The van der Waals surface area contributed by atoms with Gasteiger partial charge in [0.05, 0.1) is 11.4 Å². The average molecular weight is 702 g/mol. The fourth-order valence-electron chi connectivity index (χ4n) is 4.90. The van der Waals surface area contributed by atoms with Gasteiger partial charge in [-0.3, -0.25) is 0 Å². The van der Waals surface area contributed by atoms with Crippen LogP contribution in [-0.2, 0) is 21.1 Å². The second-order valence-corrected chi connectivity index (χ2v) is 9.23. The van der Waals surface area contributed by atoms with Gasteiger partial charge in [0.1, 0.15) is 0 Å². The topological polar surface area (TPSA) is 35.1 Å². The molecule has 0 saturated heterocycles. The van der Waals surface area contributed by atoms with E-state index < -0.39 is 0 Å². The molecule has 6 nitrogen and oxygen atoms in total. The van der Waals surface area contributed by atoms with Crippen LogP contribution in [0.2, 0.25) is 0 Å². The molecule has 0 aliphatic carbocycles. The van der Waals surface area contributed by atoms with E-state index in [1.807, 2.05) is 61.3 Å². The molecule has 5 aromatic rings. The zero-order valence-electron chi connectivity index (χ0n) is 21.6. The van der Waals surface area contributed by atoms with Crippen LogP contribution in [0.25, 0.3) is 0 Å². The number of hydrogen-bond acceptors (Lipinski definition) is 6. The molecule has 3 heterocycles. The maximum atomic E-state index is 6.12. The molecule has 0 atom stereocenters. The predicted molar refractivity (Wildman–Crippen MR) is 155 cm³/mol. The number of nitrogens with zero attached hydrogens (tertiary/aromatic N) is 5. The number of hydrogen-bond donors (Lipinski definition) is 0. The van der Waals surface area contributed by atoms with Crippen molar-refractivity contribution in [3.05, 3.63) is 141 Å². The Balaban J connectivity index is 0.00000289. The van der Waals surface area contributed by atoms with Crippen molar-refractivity contribution in [2.75, 3.05) is 21.7 Å². The molecule has 0 amide bonds. The summed E-state index contributed by atoms with van der Waals surface area (Å²) in [5, 5.41) is 0. The molecule has 0 radical (unpaired) electrons. The van der Waals surface area contributed by atoms with E-state index in [0.717, 1.165) is 39.8 Å². The van der Waals surface area contributed by atoms with Gasteiger partial charge in [-0.1, -0.05) is 42.1 Å². The number of ether oxygens (including phenoxy) is 1. The molecular formula is C33H24N5OPt-3. The number of benzene rings is 4. The Morgan fingerprint density at radius 3 is 2.17 bits per heavy atom. The van der Waals surface area contributed by atoms with Crippen LogP contribution in [0.15, 0.2) is 122 Å². The molecule has 4 aromatic carbocycles. The van der Waals surface area contributed by atoms with Crippen molar-refractivity contribution in [1.29, 1.82) is 0 Å². The third-order valence-corrected chi connectivity index (χ3v) is 6.62. The molecule has 0 fully saturated rings. The van der Waals surface area contributed by atoms with Crippen molar-refractivity contribution < 1.29 is 25.8 Å². The largest absolute Gasteiger partial charge is 0.510 e. The summed E-state index contributed by atoms with van der Waals surface area (Å²) in [6, 6.07) is 41.8. The van der Waals surface area contributed by atoms with Gasteiger partial charge in [-0.2, -0.15) is 12.7 Å². The Morgan fingerprint density at radius 1 is 0.675 bits per heavy atom. The van der Waals surface area contributed by atoms with Crippen LogP contribution in [-0.4, -0.2) is 16.9 Å². The Morgan fingerprint density at radius 2 is 1.43 bits per heavy atom. The van der Waals surface area contributed by atoms with E-state index in [1.54, 1.807) is 6.20 Å². The first kappa shape index (κ1) is 25.7. The van der Waals surface area contributed by atoms with Crippen LogP contribution < -0.4 is 19.4 Å². The smallest absolute Gasteiger partial charge is 0.216 e. The standard InChI is InChI=1S/C33H24N5O.Pt/c1-35-20-21-36(24-35)26-12-9-13-27(22-26)38-30-15-6-5-14-29(30)37(25-10-3-2-4-11-25)31-18-17-28(23-32(31)38)39-33-16-7-8-19-34-33;/h2-21,24H,1H3;/q-3;. The van der Waals surface area contributed by atoms with Gasteiger partial charge in [-0.25, -0.2) is 4.98 Å². The molecule has 2 aliphatic rings. The summed E-state index contributed by atoms with van der Waals surface area (Å²) >= 11 is 0. The minimum atomic E-state index is 0. The summed E-state index contributed by atoms with van der Waals surface area (Å²) in [6.45, 7) is 2.02. The molecule has 7 heteroatoms. The SMILES string of the molecule is CN1C=CN(c2[c-]c(N3c4[c-]c(Oc5ccccn5)ccc4N(c4ccccc4)c4ccccc43)ccc2)[CH-]1.[Pt]. The maximum absolute atomic E-state index is 6.12. The van der Waals surface area contributed by atoms with Crippen LogP contribution >= 0.6 is 0 Å². The number of aromatic nitrogens is 1. The predicted octanol–water partition coefficient (Wildman–Crippen LogP) is 8.07. The summed E-state index contributed by atoms with van der Waals surface area (Å²) in [5.41, 5.74) is 6.84. The minimum Gasteiger partial charge on any atom is -0.510 e. The van der Waals surface area contributed by atoms with Crippen LogP contribution in [0.5, 0.6) is 11.6 Å². The zero-order chi connectivity index (χ0) is 26.2. The third-order valence-electron chi connectivity index (χ3n) is 6.62. The summed E-state index contributed by atoms with van der Waals surface area (Å²) in [5.74, 6) is 1.10. The first-order valence-corrected chi connectivity index (χ1v) is 12.7. The van der Waals surface area contributed by atoms with Crippen molar-refractivity contribution in [2.45, 2.75) is 0 Å².